The molecule has 2 fully saturated rings. The number of rotatable bonds is 6. The third-order valence-electron chi connectivity index (χ3n) is 3.91. The third kappa shape index (κ3) is 2.72. The molecule has 0 aliphatic heterocycles. The molecule has 22 heavy (non-hydrogen) atoms. The van der Waals surface area contributed by atoms with Crippen molar-refractivity contribution >= 4 is 23.3 Å². The van der Waals surface area contributed by atoms with Gasteiger partial charge in [0.2, 0.25) is 0 Å². The number of carbonyl (C=O) groups excluding carboxylic acids is 1. The van der Waals surface area contributed by atoms with Crippen LogP contribution in [0, 0.1) is 10.1 Å². The van der Waals surface area contributed by atoms with Crippen LogP contribution in [-0.4, -0.2) is 33.5 Å². The first-order chi connectivity index (χ1) is 10.4. The number of nitrogens with zero attached hydrogens (tertiary/aromatic N) is 1. The number of nitro benzene ring substituents is 1. The van der Waals surface area contributed by atoms with Crippen molar-refractivity contribution in [1.82, 2.24) is 5.32 Å². The molecule has 0 radical (unpaired) electrons. The Hall–Kier alpha value is -2.64. The maximum Gasteiger partial charge on any atom is 0.329 e. The highest BCUT2D eigenvalue weighted by Crippen LogP contribution is 2.36. The van der Waals surface area contributed by atoms with E-state index in [1.807, 2.05) is 0 Å². The van der Waals surface area contributed by atoms with Gasteiger partial charge in [-0.25, -0.2) is 4.79 Å². The second kappa shape index (κ2) is 4.97. The van der Waals surface area contributed by atoms with Crippen molar-refractivity contribution in [3.63, 3.8) is 0 Å². The number of nitro groups is 1. The maximum atomic E-state index is 12.1. The van der Waals surface area contributed by atoms with Crippen LogP contribution in [0.5, 0.6) is 0 Å². The Kier molecular flexibility index (Phi) is 3.23. The van der Waals surface area contributed by atoms with Crippen molar-refractivity contribution < 1.29 is 19.6 Å². The number of aliphatic carboxylic acids is 1. The molecule has 0 heterocycles. The second-order valence-corrected chi connectivity index (χ2v) is 5.75. The van der Waals surface area contributed by atoms with Crippen LogP contribution in [0.25, 0.3) is 0 Å². The molecule has 1 aromatic carbocycles. The van der Waals surface area contributed by atoms with Crippen LogP contribution in [-0.2, 0) is 4.79 Å². The van der Waals surface area contributed by atoms with E-state index in [0.717, 1.165) is 12.8 Å². The van der Waals surface area contributed by atoms with Gasteiger partial charge >= 0.3 is 5.97 Å². The lowest BCUT2D eigenvalue weighted by molar-refractivity contribution is -0.384. The van der Waals surface area contributed by atoms with E-state index >= 15 is 0 Å². The van der Waals surface area contributed by atoms with Gasteiger partial charge in [0.05, 0.1) is 4.92 Å². The van der Waals surface area contributed by atoms with E-state index < -0.39 is 22.3 Å². The lowest BCUT2D eigenvalue weighted by atomic mass is 10.1. The number of benzene rings is 1. The van der Waals surface area contributed by atoms with Crippen molar-refractivity contribution in [3.8, 4) is 0 Å². The molecular formula is C14H15N3O5. The minimum atomic E-state index is -1.21. The van der Waals surface area contributed by atoms with Crippen LogP contribution >= 0.6 is 0 Å². The standard InChI is InChI=1S/C14H15N3O5/c18-12(16-14(5-6-14)13(19)20)8-1-4-10(15-9-2-3-9)11(7-8)17(21)22/h1,4,7,9,15H,2-3,5-6H2,(H,16,18)(H,19,20). The Morgan fingerprint density at radius 1 is 1.32 bits per heavy atom. The van der Waals surface area contributed by atoms with E-state index in [1.54, 1.807) is 0 Å². The molecule has 3 N–H and O–H groups in total. The summed E-state index contributed by atoms with van der Waals surface area (Å²) in [5, 5.41) is 25.7. The molecule has 2 aliphatic rings. The van der Waals surface area contributed by atoms with Crippen LogP contribution in [0.2, 0.25) is 0 Å². The van der Waals surface area contributed by atoms with Gasteiger partial charge in [-0.2, -0.15) is 0 Å². The first kappa shape index (κ1) is 14.3. The largest absolute Gasteiger partial charge is 0.480 e. The molecule has 2 aliphatic carbocycles. The molecule has 1 amide bonds. The van der Waals surface area contributed by atoms with E-state index in [0.29, 0.717) is 18.5 Å². The van der Waals surface area contributed by atoms with E-state index in [4.69, 9.17) is 5.11 Å². The predicted octanol–water partition coefficient (Wildman–Crippen LogP) is 1.52. The van der Waals surface area contributed by atoms with E-state index in [1.165, 1.54) is 18.2 Å². The number of hydrogen-bond donors (Lipinski definition) is 3. The summed E-state index contributed by atoms with van der Waals surface area (Å²) in [7, 11) is 0. The minimum absolute atomic E-state index is 0.0839. The molecule has 8 heteroatoms. The summed E-state index contributed by atoms with van der Waals surface area (Å²) >= 11 is 0. The van der Waals surface area contributed by atoms with Crippen LogP contribution in [0.15, 0.2) is 18.2 Å². The van der Waals surface area contributed by atoms with Crippen LogP contribution in [0.1, 0.15) is 36.0 Å². The van der Waals surface area contributed by atoms with Gasteiger partial charge in [0.25, 0.3) is 11.6 Å². The molecule has 0 saturated heterocycles. The molecule has 0 bridgehead atoms. The summed E-state index contributed by atoms with van der Waals surface area (Å²) in [5.41, 5.74) is -0.930. The molecule has 8 nitrogen and oxygen atoms in total. The van der Waals surface area contributed by atoms with E-state index in [-0.39, 0.29) is 17.3 Å². The molecule has 116 valence electrons. The lowest BCUT2D eigenvalue weighted by Gasteiger charge is -2.13. The molecule has 1 aromatic rings. The summed E-state index contributed by atoms with van der Waals surface area (Å²) in [5.74, 6) is -1.69. The van der Waals surface area contributed by atoms with Crippen LogP contribution < -0.4 is 10.6 Å². The minimum Gasteiger partial charge on any atom is -0.480 e. The Labute approximate surface area is 125 Å². The third-order valence-corrected chi connectivity index (χ3v) is 3.91. The van der Waals surface area contributed by atoms with Gasteiger partial charge in [-0.05, 0) is 37.8 Å². The zero-order chi connectivity index (χ0) is 15.9. The summed E-state index contributed by atoms with van der Waals surface area (Å²) < 4.78 is 0. The predicted molar refractivity (Wildman–Crippen MR) is 76.8 cm³/mol. The smallest absolute Gasteiger partial charge is 0.329 e. The summed E-state index contributed by atoms with van der Waals surface area (Å²) in [6.07, 6.45) is 2.69. The highest BCUT2D eigenvalue weighted by molar-refractivity contribution is 5.99. The normalized spacial score (nSPS) is 18.4. The molecule has 2 saturated carbocycles. The first-order valence-corrected chi connectivity index (χ1v) is 7.02. The van der Waals surface area contributed by atoms with Crippen molar-refractivity contribution in [1.29, 1.82) is 0 Å². The molecule has 0 aromatic heterocycles. The Morgan fingerprint density at radius 2 is 2.00 bits per heavy atom. The summed E-state index contributed by atoms with van der Waals surface area (Å²) in [4.78, 5) is 33.8. The average molecular weight is 305 g/mol. The average Bonchev–Trinajstić information content (AvgIpc) is 3.35. The zero-order valence-corrected chi connectivity index (χ0v) is 11.7. The van der Waals surface area contributed by atoms with Gasteiger partial charge in [0, 0.05) is 17.7 Å². The molecule has 0 atom stereocenters. The number of carbonyl (C=O) groups is 2. The molecule has 0 spiro atoms. The Balaban J connectivity index is 1.81. The van der Waals surface area contributed by atoms with Crippen molar-refractivity contribution in [2.75, 3.05) is 5.32 Å². The van der Waals surface area contributed by atoms with Crippen molar-refractivity contribution in [3.05, 3.63) is 33.9 Å². The topological polar surface area (TPSA) is 122 Å². The van der Waals surface area contributed by atoms with E-state index in [9.17, 15) is 19.7 Å². The Bertz CT molecular complexity index is 664. The quantitative estimate of drug-likeness (QED) is 0.541. The zero-order valence-electron chi connectivity index (χ0n) is 11.7. The number of hydrogen-bond acceptors (Lipinski definition) is 5. The fourth-order valence-corrected chi connectivity index (χ4v) is 2.20. The number of nitrogens with one attached hydrogen (secondary N) is 2. The maximum absolute atomic E-state index is 12.1. The Morgan fingerprint density at radius 3 is 2.50 bits per heavy atom. The number of anilines is 1. The van der Waals surface area contributed by atoms with Gasteiger partial charge in [-0.3, -0.25) is 14.9 Å². The summed E-state index contributed by atoms with van der Waals surface area (Å²) in [6.45, 7) is 0. The second-order valence-electron chi connectivity index (χ2n) is 5.75. The van der Waals surface area contributed by atoms with Gasteiger partial charge in [0.15, 0.2) is 0 Å². The fraction of sp³-hybridized carbons (Fsp3) is 0.429. The van der Waals surface area contributed by atoms with E-state index in [2.05, 4.69) is 10.6 Å². The highest BCUT2D eigenvalue weighted by atomic mass is 16.6. The highest BCUT2D eigenvalue weighted by Gasteiger charge is 2.51. The number of amides is 1. The molecular weight excluding hydrogens is 290 g/mol. The van der Waals surface area contributed by atoms with Crippen molar-refractivity contribution in [2.24, 2.45) is 0 Å². The molecule has 3 rings (SSSR count). The van der Waals surface area contributed by atoms with Crippen LogP contribution in [0.3, 0.4) is 0 Å². The van der Waals surface area contributed by atoms with Crippen molar-refractivity contribution in [2.45, 2.75) is 37.3 Å². The monoisotopic (exact) mass is 305 g/mol. The van der Waals surface area contributed by atoms with Gasteiger partial charge in [-0.15, -0.1) is 0 Å². The number of carboxylic acid groups (broad SMARTS) is 1. The molecule has 0 unspecified atom stereocenters. The first-order valence-electron chi connectivity index (χ1n) is 7.02. The van der Waals surface area contributed by atoms with Gasteiger partial charge in [0.1, 0.15) is 11.2 Å². The number of carboxylic acids is 1. The summed E-state index contributed by atoms with van der Waals surface area (Å²) in [6, 6.07) is 4.38. The van der Waals surface area contributed by atoms with Crippen LogP contribution in [0.4, 0.5) is 11.4 Å². The lowest BCUT2D eigenvalue weighted by Crippen LogP contribution is -2.43. The van der Waals surface area contributed by atoms with Gasteiger partial charge in [-0.1, -0.05) is 0 Å². The SMILES string of the molecule is O=C(NC1(C(=O)O)CC1)c1ccc(NC2CC2)c([N+](=O)[O-])c1. The fourth-order valence-electron chi connectivity index (χ4n) is 2.20. The van der Waals surface area contributed by atoms with Gasteiger partial charge < -0.3 is 15.7 Å².